The van der Waals surface area contributed by atoms with Crippen molar-refractivity contribution in [2.75, 3.05) is 0 Å². The minimum absolute atomic E-state index is 0.313. The second kappa shape index (κ2) is 9.85. The molecule has 0 saturated carbocycles. The molecule has 0 aromatic heterocycles. The Morgan fingerprint density at radius 2 is 0.744 bits per heavy atom. The van der Waals surface area contributed by atoms with Crippen molar-refractivity contribution in [2.24, 2.45) is 0 Å². The van der Waals surface area contributed by atoms with Crippen molar-refractivity contribution >= 4 is 10.8 Å². The highest BCUT2D eigenvalue weighted by molar-refractivity contribution is 6.20. The minimum atomic E-state index is -0.318. The van der Waals surface area contributed by atoms with Crippen LogP contribution in [0.15, 0.2) is 140 Å². The fraction of sp³-hybridized carbons (Fsp3) is 0. The zero-order chi connectivity index (χ0) is 29.1. The van der Waals surface area contributed by atoms with Gasteiger partial charge in [0.15, 0.2) is 0 Å². The molecule has 0 amide bonds. The standard InChI is InChI=1S/C40H23F3/c41-28-14-8-24(9-15-28)27-22-37(25-10-16-29(42)17-11-25)40(38(23-27)26-12-18-30(43)19-13-26)36-21-20-35-32-5-2-1-4-31(32)33-6-3-7-34(36)39(33)35/h1-23H. The van der Waals surface area contributed by atoms with Crippen molar-refractivity contribution in [3.8, 4) is 66.8 Å². The van der Waals surface area contributed by atoms with Gasteiger partial charge >= 0.3 is 0 Å². The van der Waals surface area contributed by atoms with Crippen molar-refractivity contribution in [3.63, 3.8) is 0 Å². The summed E-state index contributed by atoms with van der Waals surface area (Å²) in [5.74, 6) is -0.949. The van der Waals surface area contributed by atoms with E-state index in [-0.39, 0.29) is 17.5 Å². The molecule has 0 heterocycles. The van der Waals surface area contributed by atoms with Crippen LogP contribution >= 0.6 is 0 Å². The fourth-order valence-electron chi connectivity index (χ4n) is 6.48. The van der Waals surface area contributed by atoms with Gasteiger partial charge in [0.1, 0.15) is 17.5 Å². The SMILES string of the molecule is Fc1ccc(-c2cc(-c3ccc(F)cc3)c(-c3ccc4c5c(cccc35)-c3ccccc3-4)c(-c3ccc(F)cc3)c2)cc1. The molecule has 7 aromatic carbocycles. The molecule has 0 unspecified atom stereocenters. The molecule has 0 aliphatic heterocycles. The van der Waals surface area contributed by atoms with Gasteiger partial charge in [0.25, 0.3) is 0 Å². The third kappa shape index (κ3) is 4.16. The molecule has 3 heteroatoms. The Morgan fingerprint density at radius 3 is 1.28 bits per heavy atom. The van der Waals surface area contributed by atoms with E-state index in [1.54, 1.807) is 36.4 Å². The van der Waals surface area contributed by atoms with Crippen LogP contribution in [0.5, 0.6) is 0 Å². The molecule has 0 bridgehead atoms. The van der Waals surface area contributed by atoms with Gasteiger partial charge in [0.05, 0.1) is 0 Å². The molecular weight excluding hydrogens is 537 g/mol. The Labute approximate surface area is 247 Å². The van der Waals surface area contributed by atoms with Gasteiger partial charge in [-0.05, 0) is 126 Å². The topological polar surface area (TPSA) is 0 Å². The van der Waals surface area contributed by atoms with E-state index in [9.17, 15) is 13.2 Å². The largest absolute Gasteiger partial charge is 0.207 e. The van der Waals surface area contributed by atoms with Gasteiger partial charge in [0, 0.05) is 0 Å². The maximum atomic E-state index is 14.2. The van der Waals surface area contributed by atoms with Crippen LogP contribution in [0.3, 0.4) is 0 Å². The molecule has 0 saturated heterocycles. The normalized spacial score (nSPS) is 11.6. The van der Waals surface area contributed by atoms with Gasteiger partial charge in [-0.15, -0.1) is 0 Å². The first-order valence-electron chi connectivity index (χ1n) is 14.2. The lowest BCUT2D eigenvalue weighted by atomic mass is 9.82. The predicted octanol–water partition coefficient (Wildman–Crippen LogP) is 11.6. The molecule has 1 aliphatic rings. The van der Waals surface area contributed by atoms with Gasteiger partial charge in [0.2, 0.25) is 0 Å². The summed E-state index contributed by atoms with van der Waals surface area (Å²) in [4.78, 5) is 0. The number of hydrogen-bond acceptors (Lipinski definition) is 0. The third-order valence-corrected chi connectivity index (χ3v) is 8.44. The van der Waals surface area contributed by atoms with Crippen molar-refractivity contribution in [2.45, 2.75) is 0 Å². The van der Waals surface area contributed by atoms with E-state index in [2.05, 4.69) is 66.7 Å². The Kier molecular flexibility index (Phi) is 5.80. The number of fused-ring (bicyclic) bond motifs is 3. The Hall–Kier alpha value is -5.41. The quantitative estimate of drug-likeness (QED) is 0.201. The zero-order valence-electron chi connectivity index (χ0n) is 22.9. The van der Waals surface area contributed by atoms with Crippen LogP contribution in [0, 0.1) is 17.5 Å². The maximum Gasteiger partial charge on any atom is 0.123 e. The zero-order valence-corrected chi connectivity index (χ0v) is 22.9. The molecule has 204 valence electrons. The summed E-state index contributed by atoms with van der Waals surface area (Å²) in [6, 6.07) is 42.8. The lowest BCUT2D eigenvalue weighted by Gasteiger charge is -2.21. The van der Waals surface area contributed by atoms with Crippen LogP contribution < -0.4 is 0 Å². The van der Waals surface area contributed by atoms with E-state index in [1.165, 1.54) is 64.0 Å². The average Bonchev–Trinajstić information content (AvgIpc) is 3.37. The van der Waals surface area contributed by atoms with E-state index in [0.717, 1.165) is 49.9 Å². The van der Waals surface area contributed by atoms with Gasteiger partial charge < -0.3 is 0 Å². The fourth-order valence-corrected chi connectivity index (χ4v) is 6.48. The Bertz CT molecular complexity index is 2080. The van der Waals surface area contributed by atoms with Crippen LogP contribution in [-0.4, -0.2) is 0 Å². The summed E-state index contributed by atoms with van der Waals surface area (Å²) in [6.45, 7) is 0. The van der Waals surface area contributed by atoms with Gasteiger partial charge in [-0.2, -0.15) is 0 Å². The highest BCUT2D eigenvalue weighted by Crippen LogP contribution is 2.52. The van der Waals surface area contributed by atoms with Gasteiger partial charge in [-0.3, -0.25) is 0 Å². The molecule has 8 rings (SSSR count). The first kappa shape index (κ1) is 25.3. The molecule has 0 atom stereocenters. The monoisotopic (exact) mass is 560 g/mol. The molecule has 0 spiro atoms. The summed E-state index contributed by atoms with van der Waals surface area (Å²) in [5, 5.41) is 2.30. The molecule has 1 aliphatic carbocycles. The molecule has 7 aromatic rings. The van der Waals surface area contributed by atoms with Crippen molar-refractivity contribution in [3.05, 3.63) is 157 Å². The molecule has 0 nitrogen and oxygen atoms in total. The van der Waals surface area contributed by atoms with Gasteiger partial charge in [-0.25, -0.2) is 13.2 Å². The average molecular weight is 561 g/mol. The number of benzene rings is 7. The molecule has 0 radical (unpaired) electrons. The van der Waals surface area contributed by atoms with Crippen LogP contribution in [0.2, 0.25) is 0 Å². The summed E-state index contributed by atoms with van der Waals surface area (Å²) in [6.07, 6.45) is 0. The molecule has 0 fully saturated rings. The second-order valence-corrected chi connectivity index (χ2v) is 10.9. The van der Waals surface area contributed by atoms with E-state index in [1.807, 2.05) is 0 Å². The molecular formula is C40H23F3. The number of hydrogen-bond donors (Lipinski definition) is 0. The highest BCUT2D eigenvalue weighted by Gasteiger charge is 2.25. The second-order valence-electron chi connectivity index (χ2n) is 10.9. The molecule has 43 heavy (non-hydrogen) atoms. The predicted molar refractivity (Wildman–Crippen MR) is 170 cm³/mol. The Morgan fingerprint density at radius 1 is 0.302 bits per heavy atom. The van der Waals surface area contributed by atoms with Crippen LogP contribution in [0.4, 0.5) is 13.2 Å². The van der Waals surface area contributed by atoms with E-state index >= 15 is 0 Å². The van der Waals surface area contributed by atoms with E-state index in [4.69, 9.17) is 0 Å². The first-order valence-corrected chi connectivity index (χ1v) is 14.2. The van der Waals surface area contributed by atoms with Crippen LogP contribution in [0.1, 0.15) is 0 Å². The van der Waals surface area contributed by atoms with E-state index in [0.29, 0.717) is 0 Å². The maximum absolute atomic E-state index is 14.2. The highest BCUT2D eigenvalue weighted by atomic mass is 19.1. The van der Waals surface area contributed by atoms with Crippen LogP contribution in [-0.2, 0) is 0 Å². The lowest BCUT2D eigenvalue weighted by molar-refractivity contribution is 0.627. The first-order chi connectivity index (χ1) is 21.0. The van der Waals surface area contributed by atoms with E-state index < -0.39 is 0 Å². The smallest absolute Gasteiger partial charge is 0.123 e. The third-order valence-electron chi connectivity index (χ3n) is 8.44. The van der Waals surface area contributed by atoms with Crippen molar-refractivity contribution < 1.29 is 13.2 Å². The van der Waals surface area contributed by atoms with Crippen molar-refractivity contribution in [1.29, 1.82) is 0 Å². The van der Waals surface area contributed by atoms with Crippen molar-refractivity contribution in [1.82, 2.24) is 0 Å². The Balaban J connectivity index is 1.49. The molecule has 0 N–H and O–H groups in total. The number of halogens is 3. The van der Waals surface area contributed by atoms with Crippen LogP contribution in [0.25, 0.3) is 77.5 Å². The van der Waals surface area contributed by atoms with Gasteiger partial charge in [-0.1, -0.05) is 91.0 Å². The summed E-state index contributed by atoms with van der Waals surface area (Å²) in [7, 11) is 0. The summed E-state index contributed by atoms with van der Waals surface area (Å²) < 4.78 is 42.2. The summed E-state index contributed by atoms with van der Waals surface area (Å²) >= 11 is 0. The lowest BCUT2D eigenvalue weighted by Crippen LogP contribution is -1.95. The minimum Gasteiger partial charge on any atom is -0.207 e. The number of rotatable bonds is 4. The summed E-state index contributed by atoms with van der Waals surface area (Å²) in [5.41, 5.74) is 12.0.